The maximum Gasteiger partial charge on any atom is 0.336 e. The standard InChI is InChI=1S/C18H21NO4/c1-12-3-2-4-14(9-12)19-17(20)11-22-15-7-5-13-6-8-18(21)23-16(13)10-15/h5-8,10,12,14H,2-4,9,11H2,1H3,(H,19,20). The van der Waals surface area contributed by atoms with E-state index in [-0.39, 0.29) is 18.6 Å². The van der Waals surface area contributed by atoms with Crippen LogP contribution < -0.4 is 15.7 Å². The zero-order chi connectivity index (χ0) is 16.2. The molecule has 1 fully saturated rings. The van der Waals surface area contributed by atoms with E-state index in [9.17, 15) is 9.59 Å². The fraction of sp³-hybridized carbons (Fsp3) is 0.444. The van der Waals surface area contributed by atoms with Gasteiger partial charge in [0.05, 0.1) is 0 Å². The molecule has 0 spiro atoms. The Morgan fingerprint density at radius 3 is 2.96 bits per heavy atom. The summed E-state index contributed by atoms with van der Waals surface area (Å²) in [4.78, 5) is 23.2. The van der Waals surface area contributed by atoms with E-state index < -0.39 is 5.63 Å². The maximum atomic E-state index is 12.0. The number of hydrogen-bond acceptors (Lipinski definition) is 4. The monoisotopic (exact) mass is 315 g/mol. The van der Waals surface area contributed by atoms with Gasteiger partial charge >= 0.3 is 5.63 Å². The van der Waals surface area contributed by atoms with Crippen LogP contribution in [0.1, 0.15) is 32.6 Å². The highest BCUT2D eigenvalue weighted by molar-refractivity contribution is 5.79. The van der Waals surface area contributed by atoms with Crippen molar-refractivity contribution >= 4 is 16.9 Å². The largest absolute Gasteiger partial charge is 0.484 e. The van der Waals surface area contributed by atoms with E-state index in [1.54, 1.807) is 24.3 Å². The van der Waals surface area contributed by atoms with Crippen LogP contribution >= 0.6 is 0 Å². The minimum Gasteiger partial charge on any atom is -0.484 e. The summed E-state index contributed by atoms with van der Waals surface area (Å²) in [5.74, 6) is 1.07. The molecule has 0 aliphatic heterocycles. The summed E-state index contributed by atoms with van der Waals surface area (Å²) in [6.07, 6.45) is 4.48. The third-order valence-corrected chi connectivity index (χ3v) is 4.27. The summed E-state index contributed by atoms with van der Waals surface area (Å²) in [7, 11) is 0. The Bertz CT molecular complexity index is 752. The molecule has 1 aromatic carbocycles. The summed E-state index contributed by atoms with van der Waals surface area (Å²) in [5, 5.41) is 3.85. The molecule has 122 valence electrons. The van der Waals surface area contributed by atoms with Crippen LogP contribution in [0.25, 0.3) is 11.0 Å². The quantitative estimate of drug-likeness (QED) is 0.881. The van der Waals surface area contributed by atoms with Crippen molar-refractivity contribution < 1.29 is 13.9 Å². The van der Waals surface area contributed by atoms with E-state index in [1.807, 2.05) is 0 Å². The number of nitrogens with one attached hydrogen (secondary N) is 1. The van der Waals surface area contributed by atoms with E-state index in [1.165, 1.54) is 12.5 Å². The molecule has 2 unspecified atom stereocenters. The fourth-order valence-corrected chi connectivity index (χ4v) is 3.11. The van der Waals surface area contributed by atoms with Gasteiger partial charge in [0.1, 0.15) is 11.3 Å². The van der Waals surface area contributed by atoms with Crippen LogP contribution in [0, 0.1) is 5.92 Å². The number of fused-ring (bicyclic) bond motifs is 1. The summed E-state index contributed by atoms with van der Waals surface area (Å²) >= 11 is 0. The van der Waals surface area contributed by atoms with Crippen LogP contribution in [0.4, 0.5) is 0 Å². The van der Waals surface area contributed by atoms with Crippen LogP contribution in [0.2, 0.25) is 0 Å². The second-order valence-electron chi connectivity index (χ2n) is 6.28. The molecule has 0 radical (unpaired) electrons. The molecule has 1 aliphatic rings. The maximum absolute atomic E-state index is 12.0. The number of ether oxygens (including phenoxy) is 1. The summed E-state index contributed by atoms with van der Waals surface area (Å²) in [6.45, 7) is 2.19. The van der Waals surface area contributed by atoms with Gasteiger partial charge in [0.15, 0.2) is 6.61 Å². The Hall–Kier alpha value is -2.30. The van der Waals surface area contributed by atoms with E-state index in [0.29, 0.717) is 17.3 Å². The lowest BCUT2D eigenvalue weighted by molar-refractivity contribution is -0.124. The smallest absolute Gasteiger partial charge is 0.336 e. The summed E-state index contributed by atoms with van der Waals surface area (Å²) in [5.41, 5.74) is 0.0512. The zero-order valence-corrected chi connectivity index (χ0v) is 13.2. The average Bonchev–Trinajstić information content (AvgIpc) is 2.52. The predicted molar refractivity (Wildman–Crippen MR) is 87.5 cm³/mol. The molecule has 0 bridgehead atoms. The van der Waals surface area contributed by atoms with Crippen LogP contribution in [0.15, 0.2) is 39.5 Å². The molecule has 1 aliphatic carbocycles. The highest BCUT2D eigenvalue weighted by atomic mass is 16.5. The molecule has 0 saturated heterocycles. The molecule has 5 heteroatoms. The molecule has 23 heavy (non-hydrogen) atoms. The number of carbonyl (C=O) groups is 1. The van der Waals surface area contributed by atoms with Gasteiger partial charge in [-0.1, -0.05) is 19.8 Å². The van der Waals surface area contributed by atoms with Gasteiger partial charge in [0.2, 0.25) is 0 Å². The molecule has 1 amide bonds. The first-order chi connectivity index (χ1) is 11.1. The van der Waals surface area contributed by atoms with E-state index in [4.69, 9.17) is 9.15 Å². The minimum atomic E-state index is -0.404. The van der Waals surface area contributed by atoms with Gasteiger partial charge in [-0.2, -0.15) is 0 Å². The van der Waals surface area contributed by atoms with Gasteiger partial charge in [0, 0.05) is 23.6 Å². The first-order valence-electron chi connectivity index (χ1n) is 8.06. The molecule has 2 atom stereocenters. The molecule has 3 rings (SSSR count). The van der Waals surface area contributed by atoms with Crippen molar-refractivity contribution in [2.24, 2.45) is 5.92 Å². The Balaban J connectivity index is 1.57. The summed E-state index contributed by atoms with van der Waals surface area (Å²) < 4.78 is 10.6. The minimum absolute atomic E-state index is 0.0343. The second-order valence-corrected chi connectivity index (χ2v) is 6.28. The second kappa shape index (κ2) is 6.86. The van der Waals surface area contributed by atoms with Gasteiger partial charge in [-0.3, -0.25) is 4.79 Å². The third kappa shape index (κ3) is 4.12. The number of rotatable bonds is 4. The van der Waals surface area contributed by atoms with Crippen molar-refractivity contribution in [3.63, 3.8) is 0 Å². The number of carbonyl (C=O) groups excluding carboxylic acids is 1. The topological polar surface area (TPSA) is 68.5 Å². The number of hydrogen-bond donors (Lipinski definition) is 1. The number of amides is 1. The van der Waals surface area contributed by atoms with Crippen molar-refractivity contribution in [1.82, 2.24) is 5.32 Å². The third-order valence-electron chi connectivity index (χ3n) is 4.27. The SMILES string of the molecule is CC1CCCC(NC(=O)COc2ccc3ccc(=O)oc3c2)C1. The Morgan fingerprint density at radius 2 is 2.13 bits per heavy atom. The van der Waals surface area contributed by atoms with Gasteiger partial charge in [0.25, 0.3) is 5.91 Å². The van der Waals surface area contributed by atoms with E-state index in [0.717, 1.165) is 24.6 Å². The lowest BCUT2D eigenvalue weighted by atomic mass is 9.87. The zero-order valence-electron chi connectivity index (χ0n) is 13.2. The van der Waals surface area contributed by atoms with Crippen LogP contribution in [0.5, 0.6) is 5.75 Å². The fourth-order valence-electron chi connectivity index (χ4n) is 3.11. The highest BCUT2D eigenvalue weighted by Gasteiger charge is 2.20. The molecule has 5 nitrogen and oxygen atoms in total. The van der Waals surface area contributed by atoms with Crippen molar-refractivity contribution in [3.8, 4) is 5.75 Å². The van der Waals surface area contributed by atoms with E-state index >= 15 is 0 Å². The molecular weight excluding hydrogens is 294 g/mol. The van der Waals surface area contributed by atoms with Crippen LogP contribution in [-0.4, -0.2) is 18.6 Å². The molecule has 1 aromatic heterocycles. The van der Waals surface area contributed by atoms with Crippen LogP contribution in [-0.2, 0) is 4.79 Å². The first kappa shape index (κ1) is 15.6. The van der Waals surface area contributed by atoms with Crippen molar-refractivity contribution in [3.05, 3.63) is 40.8 Å². The lowest BCUT2D eigenvalue weighted by Crippen LogP contribution is -2.40. The Morgan fingerprint density at radius 1 is 1.30 bits per heavy atom. The van der Waals surface area contributed by atoms with Crippen molar-refractivity contribution in [2.45, 2.75) is 38.6 Å². The van der Waals surface area contributed by atoms with Gasteiger partial charge in [-0.15, -0.1) is 0 Å². The predicted octanol–water partition coefficient (Wildman–Crippen LogP) is 2.87. The van der Waals surface area contributed by atoms with Crippen molar-refractivity contribution in [2.75, 3.05) is 6.61 Å². The van der Waals surface area contributed by atoms with Gasteiger partial charge < -0.3 is 14.5 Å². The lowest BCUT2D eigenvalue weighted by Gasteiger charge is -2.27. The highest BCUT2D eigenvalue weighted by Crippen LogP contribution is 2.23. The molecule has 2 aromatic rings. The first-order valence-corrected chi connectivity index (χ1v) is 8.06. The Kier molecular flexibility index (Phi) is 4.65. The van der Waals surface area contributed by atoms with Gasteiger partial charge in [-0.05, 0) is 37.0 Å². The molecular formula is C18H21NO4. The van der Waals surface area contributed by atoms with E-state index in [2.05, 4.69) is 12.2 Å². The van der Waals surface area contributed by atoms with Crippen molar-refractivity contribution in [1.29, 1.82) is 0 Å². The van der Waals surface area contributed by atoms with Gasteiger partial charge in [-0.25, -0.2) is 4.79 Å². The Labute approximate surface area is 134 Å². The molecule has 1 saturated carbocycles. The average molecular weight is 315 g/mol. The molecule has 1 heterocycles. The summed E-state index contributed by atoms with van der Waals surface area (Å²) in [6, 6.07) is 8.52. The molecule has 1 N–H and O–H groups in total. The normalized spacial score (nSPS) is 21.1. The number of benzene rings is 1. The van der Waals surface area contributed by atoms with Crippen LogP contribution in [0.3, 0.4) is 0 Å².